The molecule has 0 atom stereocenters. The van der Waals surface area contributed by atoms with E-state index >= 15 is 0 Å². The van der Waals surface area contributed by atoms with E-state index in [1.165, 1.54) is 0 Å². The molecule has 0 aliphatic carbocycles. The standard InChI is InChI=1S/C11H14F3N3S/c12-11(13,14)10-6-9(8(15)7-16-10)17-2-1-4-18-5-3-17/h6-7H,1-5,15H2. The lowest BCUT2D eigenvalue weighted by Crippen LogP contribution is -2.27. The first-order valence-corrected chi connectivity index (χ1v) is 6.79. The number of anilines is 2. The minimum Gasteiger partial charge on any atom is -0.396 e. The number of nitrogens with zero attached hydrogens (tertiary/aromatic N) is 2. The number of thioether (sulfide) groups is 1. The Morgan fingerprint density at radius 2 is 2.06 bits per heavy atom. The summed E-state index contributed by atoms with van der Waals surface area (Å²) in [6.45, 7) is 1.45. The lowest BCUT2D eigenvalue weighted by Gasteiger charge is -2.24. The maximum Gasteiger partial charge on any atom is 0.433 e. The van der Waals surface area contributed by atoms with Gasteiger partial charge in [-0.2, -0.15) is 24.9 Å². The molecule has 0 unspecified atom stereocenters. The summed E-state index contributed by atoms with van der Waals surface area (Å²) in [4.78, 5) is 5.26. The number of hydrogen-bond acceptors (Lipinski definition) is 4. The van der Waals surface area contributed by atoms with Crippen LogP contribution >= 0.6 is 11.8 Å². The van der Waals surface area contributed by atoms with Crippen LogP contribution in [0.5, 0.6) is 0 Å². The maximum absolute atomic E-state index is 12.6. The Labute approximate surface area is 108 Å². The second kappa shape index (κ2) is 5.26. The van der Waals surface area contributed by atoms with E-state index in [2.05, 4.69) is 4.98 Å². The van der Waals surface area contributed by atoms with Crippen LogP contribution in [0.2, 0.25) is 0 Å². The van der Waals surface area contributed by atoms with Gasteiger partial charge in [-0.3, -0.25) is 0 Å². The Morgan fingerprint density at radius 1 is 1.28 bits per heavy atom. The molecule has 2 heterocycles. The molecule has 1 aliphatic rings. The minimum absolute atomic E-state index is 0.301. The summed E-state index contributed by atoms with van der Waals surface area (Å²) < 4.78 is 37.9. The monoisotopic (exact) mass is 277 g/mol. The summed E-state index contributed by atoms with van der Waals surface area (Å²) in [5.41, 5.74) is 5.60. The molecule has 0 aromatic carbocycles. The van der Waals surface area contributed by atoms with Gasteiger partial charge in [-0.25, -0.2) is 4.98 Å². The number of rotatable bonds is 1. The van der Waals surface area contributed by atoms with E-state index in [1.807, 2.05) is 16.7 Å². The lowest BCUT2D eigenvalue weighted by atomic mass is 10.2. The third-order valence-electron chi connectivity index (χ3n) is 2.77. The van der Waals surface area contributed by atoms with Gasteiger partial charge in [-0.05, 0) is 18.2 Å². The predicted molar refractivity (Wildman–Crippen MR) is 67.8 cm³/mol. The Bertz CT molecular complexity index is 414. The zero-order valence-corrected chi connectivity index (χ0v) is 10.5. The van der Waals surface area contributed by atoms with Crippen molar-refractivity contribution < 1.29 is 13.2 Å². The average molecular weight is 277 g/mol. The summed E-state index contributed by atoms with van der Waals surface area (Å²) in [5, 5.41) is 0. The van der Waals surface area contributed by atoms with Crippen LogP contribution in [0.3, 0.4) is 0 Å². The number of pyridine rings is 1. The number of nitrogens with two attached hydrogens (primary N) is 1. The van der Waals surface area contributed by atoms with Crippen molar-refractivity contribution in [2.75, 3.05) is 35.2 Å². The lowest BCUT2D eigenvalue weighted by molar-refractivity contribution is -0.141. The summed E-state index contributed by atoms with van der Waals surface area (Å²) in [7, 11) is 0. The van der Waals surface area contributed by atoms with E-state index in [-0.39, 0.29) is 0 Å². The highest BCUT2D eigenvalue weighted by molar-refractivity contribution is 7.99. The van der Waals surface area contributed by atoms with E-state index in [0.717, 1.165) is 43.3 Å². The predicted octanol–water partition coefficient (Wildman–Crippen LogP) is 2.63. The van der Waals surface area contributed by atoms with E-state index in [9.17, 15) is 13.2 Å². The van der Waals surface area contributed by atoms with Crippen molar-refractivity contribution in [2.24, 2.45) is 0 Å². The molecular formula is C11H14F3N3S. The molecule has 0 radical (unpaired) electrons. The second-order valence-electron chi connectivity index (χ2n) is 4.08. The number of hydrogen-bond donors (Lipinski definition) is 1. The third kappa shape index (κ3) is 3.01. The molecule has 18 heavy (non-hydrogen) atoms. The molecule has 1 fully saturated rings. The maximum atomic E-state index is 12.6. The number of halogens is 3. The highest BCUT2D eigenvalue weighted by atomic mass is 32.2. The van der Waals surface area contributed by atoms with Crippen LogP contribution in [-0.4, -0.2) is 29.6 Å². The molecule has 7 heteroatoms. The van der Waals surface area contributed by atoms with Crippen molar-refractivity contribution in [1.82, 2.24) is 4.98 Å². The molecule has 0 amide bonds. The first-order chi connectivity index (χ1) is 8.48. The molecule has 100 valence electrons. The van der Waals surface area contributed by atoms with Crippen molar-refractivity contribution in [1.29, 1.82) is 0 Å². The molecule has 1 saturated heterocycles. The van der Waals surface area contributed by atoms with E-state index < -0.39 is 11.9 Å². The quantitative estimate of drug-likeness (QED) is 0.857. The van der Waals surface area contributed by atoms with Gasteiger partial charge in [-0.1, -0.05) is 0 Å². The normalized spacial score (nSPS) is 17.6. The molecular weight excluding hydrogens is 263 g/mol. The molecule has 2 rings (SSSR count). The fourth-order valence-corrected chi connectivity index (χ4v) is 2.76. The van der Waals surface area contributed by atoms with Gasteiger partial charge in [0.05, 0.1) is 17.6 Å². The van der Waals surface area contributed by atoms with Crippen LogP contribution in [0.4, 0.5) is 24.5 Å². The molecule has 2 N–H and O–H groups in total. The fourth-order valence-electron chi connectivity index (χ4n) is 1.87. The van der Waals surface area contributed by atoms with Gasteiger partial charge < -0.3 is 10.6 Å². The summed E-state index contributed by atoms with van der Waals surface area (Å²) in [5.74, 6) is 1.94. The van der Waals surface area contributed by atoms with Crippen LogP contribution in [-0.2, 0) is 6.18 Å². The zero-order chi connectivity index (χ0) is 13.2. The summed E-state index contributed by atoms with van der Waals surface area (Å²) in [6, 6.07) is 1.05. The van der Waals surface area contributed by atoms with Crippen LogP contribution < -0.4 is 10.6 Å². The van der Waals surface area contributed by atoms with Crippen LogP contribution in [0, 0.1) is 0 Å². The van der Waals surface area contributed by atoms with Crippen molar-refractivity contribution >= 4 is 23.1 Å². The van der Waals surface area contributed by atoms with Gasteiger partial charge in [0.25, 0.3) is 0 Å². The Morgan fingerprint density at radius 3 is 2.78 bits per heavy atom. The molecule has 1 aromatic rings. The SMILES string of the molecule is Nc1cnc(C(F)(F)F)cc1N1CCCSCC1. The largest absolute Gasteiger partial charge is 0.433 e. The number of nitrogen functional groups attached to an aromatic ring is 1. The van der Waals surface area contributed by atoms with E-state index in [4.69, 9.17) is 5.73 Å². The summed E-state index contributed by atoms with van der Waals surface area (Å²) in [6.07, 6.45) is -2.38. The topological polar surface area (TPSA) is 42.1 Å². The zero-order valence-electron chi connectivity index (χ0n) is 9.70. The molecule has 0 bridgehead atoms. The molecule has 0 saturated carbocycles. The van der Waals surface area contributed by atoms with E-state index in [1.54, 1.807) is 0 Å². The van der Waals surface area contributed by atoms with Crippen molar-refractivity contribution in [3.63, 3.8) is 0 Å². The van der Waals surface area contributed by atoms with Gasteiger partial charge in [0.2, 0.25) is 0 Å². The Kier molecular flexibility index (Phi) is 3.89. The van der Waals surface area contributed by atoms with Gasteiger partial charge in [0.1, 0.15) is 5.69 Å². The summed E-state index contributed by atoms with van der Waals surface area (Å²) >= 11 is 1.81. The van der Waals surface area contributed by atoms with Gasteiger partial charge in [-0.15, -0.1) is 0 Å². The Hall–Kier alpha value is -1.11. The first kappa shape index (κ1) is 13.3. The molecule has 1 aromatic heterocycles. The molecule has 0 spiro atoms. The highest BCUT2D eigenvalue weighted by Gasteiger charge is 2.33. The van der Waals surface area contributed by atoms with Crippen LogP contribution in [0.15, 0.2) is 12.3 Å². The fraction of sp³-hybridized carbons (Fsp3) is 0.545. The molecule has 1 aliphatic heterocycles. The van der Waals surface area contributed by atoms with Crippen molar-refractivity contribution in [3.05, 3.63) is 18.0 Å². The van der Waals surface area contributed by atoms with Gasteiger partial charge in [0, 0.05) is 18.8 Å². The van der Waals surface area contributed by atoms with Crippen molar-refractivity contribution in [3.8, 4) is 0 Å². The smallest absolute Gasteiger partial charge is 0.396 e. The number of aromatic nitrogens is 1. The van der Waals surface area contributed by atoms with Gasteiger partial charge >= 0.3 is 6.18 Å². The van der Waals surface area contributed by atoms with Gasteiger partial charge in [0.15, 0.2) is 0 Å². The minimum atomic E-state index is -4.43. The van der Waals surface area contributed by atoms with E-state index in [0.29, 0.717) is 11.4 Å². The average Bonchev–Trinajstić information content (AvgIpc) is 2.56. The van der Waals surface area contributed by atoms with Crippen LogP contribution in [0.25, 0.3) is 0 Å². The molecule has 3 nitrogen and oxygen atoms in total. The van der Waals surface area contributed by atoms with Crippen molar-refractivity contribution in [2.45, 2.75) is 12.6 Å². The van der Waals surface area contributed by atoms with Crippen LogP contribution in [0.1, 0.15) is 12.1 Å². The second-order valence-corrected chi connectivity index (χ2v) is 5.30. The Balaban J connectivity index is 2.30. The third-order valence-corrected chi connectivity index (χ3v) is 3.81. The number of alkyl halides is 3. The highest BCUT2D eigenvalue weighted by Crippen LogP contribution is 2.33. The first-order valence-electron chi connectivity index (χ1n) is 5.64.